The number of rotatable bonds is 8. The second-order valence-corrected chi connectivity index (χ2v) is 14.9. The monoisotopic (exact) mass is 572 g/mol. The molecule has 0 aromatic rings. The number of carbonyl (C=O) groups excluding carboxylic acids is 1. The van der Waals surface area contributed by atoms with Crippen LogP contribution in [0.5, 0.6) is 0 Å². The first-order chi connectivity index (χ1) is 19.0. The van der Waals surface area contributed by atoms with Gasteiger partial charge in [0.05, 0.1) is 12.0 Å². The second-order valence-electron chi connectivity index (χ2n) is 14.9. The molecule has 228 valence electrons. The van der Waals surface area contributed by atoms with Crippen LogP contribution < -0.4 is 0 Å². The highest BCUT2D eigenvalue weighted by atomic mass is 17.2. The van der Waals surface area contributed by atoms with Crippen LogP contribution in [0.25, 0.3) is 0 Å². The first kappa shape index (κ1) is 30.5. The smallest absolute Gasteiger partial charge is 0.332 e. The van der Waals surface area contributed by atoms with Crippen molar-refractivity contribution in [1.29, 1.82) is 0 Å². The van der Waals surface area contributed by atoms with E-state index in [9.17, 15) is 24.9 Å². The lowest BCUT2D eigenvalue weighted by Crippen LogP contribution is -2.76. The van der Waals surface area contributed by atoms with Gasteiger partial charge in [0.1, 0.15) is 23.9 Å². The molecule has 0 radical (unpaired) electrons. The average molecular weight is 573 g/mol. The lowest BCUT2D eigenvalue weighted by molar-refractivity contribution is -0.483. The molecule has 41 heavy (non-hydrogen) atoms. The Morgan fingerprint density at radius 1 is 1.15 bits per heavy atom. The minimum absolute atomic E-state index is 0.269. The van der Waals surface area contributed by atoms with E-state index in [-0.39, 0.29) is 5.92 Å². The molecule has 3 N–H and O–H groups in total. The number of allylic oxidation sites excluding steroid dienone is 2. The SMILES string of the molecule is C=C(CCC(C(=O)O)C1C(O)CC2(C)C34C=CC5(OO3)C(C)(CCC(OC(=O)CO)C5(C)C)C4=CCC12C)C(C)C. The topological polar surface area (TPSA) is 123 Å². The Balaban J connectivity index is 1.57. The predicted octanol–water partition coefficient (Wildman–Crippen LogP) is 5.14. The highest BCUT2D eigenvalue weighted by Crippen LogP contribution is 2.77. The highest BCUT2D eigenvalue weighted by Gasteiger charge is 2.80. The molecule has 4 aliphatic carbocycles. The average Bonchev–Trinajstić information content (AvgIpc) is 3.11. The van der Waals surface area contributed by atoms with Gasteiger partial charge in [0, 0.05) is 22.2 Å². The third-order valence-corrected chi connectivity index (χ3v) is 12.7. The van der Waals surface area contributed by atoms with Crippen LogP contribution in [0.4, 0.5) is 0 Å². The van der Waals surface area contributed by atoms with Gasteiger partial charge in [0.15, 0.2) is 0 Å². The minimum Gasteiger partial charge on any atom is -0.481 e. The van der Waals surface area contributed by atoms with Crippen molar-refractivity contribution >= 4 is 11.9 Å². The maximum Gasteiger partial charge on any atom is 0.332 e. The van der Waals surface area contributed by atoms with E-state index >= 15 is 0 Å². The molecule has 0 amide bonds. The number of aliphatic hydroxyl groups is 2. The highest BCUT2D eigenvalue weighted by molar-refractivity contribution is 5.71. The van der Waals surface area contributed by atoms with Gasteiger partial charge in [0.2, 0.25) is 0 Å². The lowest BCUT2D eigenvalue weighted by atomic mass is 9.39. The molecular weight excluding hydrogens is 524 g/mol. The summed E-state index contributed by atoms with van der Waals surface area (Å²) in [5, 5.41) is 31.4. The van der Waals surface area contributed by atoms with E-state index in [1.54, 1.807) is 0 Å². The van der Waals surface area contributed by atoms with E-state index in [4.69, 9.17) is 14.5 Å². The van der Waals surface area contributed by atoms with E-state index in [1.807, 2.05) is 13.8 Å². The molecule has 1 saturated heterocycles. The van der Waals surface area contributed by atoms with Crippen molar-refractivity contribution in [2.45, 2.75) is 110 Å². The molecule has 0 aromatic heterocycles. The fourth-order valence-electron chi connectivity index (χ4n) is 9.79. The Bertz CT molecular complexity index is 1200. The van der Waals surface area contributed by atoms with Gasteiger partial charge in [-0.3, -0.25) is 4.79 Å². The zero-order chi connectivity index (χ0) is 30.4. The largest absolute Gasteiger partial charge is 0.481 e. The molecule has 0 aromatic carbocycles. The van der Waals surface area contributed by atoms with E-state index in [0.717, 1.165) is 11.1 Å². The molecular formula is C33H48O8. The molecule has 9 atom stereocenters. The summed E-state index contributed by atoms with van der Waals surface area (Å²) in [5.41, 5.74) is -2.16. The maximum atomic E-state index is 12.7. The quantitative estimate of drug-likeness (QED) is 0.208. The van der Waals surface area contributed by atoms with Crippen molar-refractivity contribution in [1.82, 2.24) is 0 Å². The molecule has 2 heterocycles. The van der Waals surface area contributed by atoms with Crippen LogP contribution >= 0.6 is 0 Å². The van der Waals surface area contributed by atoms with Gasteiger partial charge < -0.3 is 20.1 Å². The molecule has 2 bridgehead atoms. The lowest BCUT2D eigenvalue weighted by Gasteiger charge is -2.72. The third kappa shape index (κ3) is 3.66. The minimum atomic E-state index is -0.971. The Labute approximate surface area is 243 Å². The Kier molecular flexibility index (Phi) is 7.06. The van der Waals surface area contributed by atoms with Crippen molar-refractivity contribution in [3.8, 4) is 0 Å². The number of esters is 1. The van der Waals surface area contributed by atoms with Crippen LogP contribution in [0.15, 0.2) is 36.0 Å². The fourth-order valence-corrected chi connectivity index (χ4v) is 9.79. The number of carboxylic acids is 1. The molecule has 3 fully saturated rings. The number of aliphatic hydroxyl groups excluding tert-OH is 2. The normalized spacial score (nSPS) is 44.4. The summed E-state index contributed by atoms with van der Waals surface area (Å²) in [6.45, 7) is 18.1. The number of hydrogen-bond donors (Lipinski definition) is 3. The molecule has 6 aliphatic rings. The summed E-state index contributed by atoms with van der Waals surface area (Å²) in [6.07, 6.45) is 8.40. The number of hydrogen-bond acceptors (Lipinski definition) is 7. The summed E-state index contributed by atoms with van der Waals surface area (Å²) < 4.78 is 5.69. The van der Waals surface area contributed by atoms with Crippen LogP contribution in [0.3, 0.4) is 0 Å². The van der Waals surface area contributed by atoms with Gasteiger partial charge >= 0.3 is 11.9 Å². The Morgan fingerprint density at radius 3 is 2.39 bits per heavy atom. The van der Waals surface area contributed by atoms with Crippen LogP contribution in [0.1, 0.15) is 87.0 Å². The van der Waals surface area contributed by atoms with Crippen molar-refractivity contribution in [2.24, 2.45) is 39.4 Å². The third-order valence-electron chi connectivity index (χ3n) is 12.7. The fraction of sp³-hybridized carbons (Fsp3) is 0.758. The Morgan fingerprint density at radius 2 is 1.83 bits per heavy atom. The van der Waals surface area contributed by atoms with Crippen molar-refractivity contribution in [2.75, 3.05) is 6.61 Å². The first-order valence-electron chi connectivity index (χ1n) is 15.2. The molecule has 8 heteroatoms. The zero-order valence-electron chi connectivity index (χ0n) is 25.7. The van der Waals surface area contributed by atoms with Crippen LogP contribution in [0.2, 0.25) is 0 Å². The van der Waals surface area contributed by atoms with Crippen molar-refractivity contribution < 1.29 is 39.4 Å². The zero-order valence-corrected chi connectivity index (χ0v) is 25.7. The maximum absolute atomic E-state index is 12.7. The van der Waals surface area contributed by atoms with Crippen molar-refractivity contribution in [3.05, 3.63) is 36.0 Å². The second kappa shape index (κ2) is 9.50. The standard InChI is InChI=1S/C33H48O8/c1-19(2)20(3)9-10-21(27(37)38)26-22(35)17-31(8)30(26,7)13-11-23-29(6)14-12-24(39-25(36)18-34)28(4,5)33(29)16-15-32(23,31)40-41-33/h11,15-16,19,21-22,24,26,34-35H,3,9-10,12-14,17-18H2,1-2,4-8H3,(H,37,38). The molecule has 2 spiro atoms. The summed E-state index contributed by atoms with van der Waals surface area (Å²) >= 11 is 0. The van der Waals surface area contributed by atoms with E-state index in [0.29, 0.717) is 38.5 Å². The number of ether oxygens (including phenoxy) is 1. The van der Waals surface area contributed by atoms with Gasteiger partial charge in [-0.1, -0.05) is 66.7 Å². The van der Waals surface area contributed by atoms with Crippen LogP contribution in [-0.2, 0) is 24.1 Å². The van der Waals surface area contributed by atoms with Gasteiger partial charge in [-0.25, -0.2) is 14.6 Å². The predicted molar refractivity (Wildman–Crippen MR) is 152 cm³/mol. The summed E-state index contributed by atoms with van der Waals surface area (Å²) in [5.74, 6) is -2.47. The number of fused-ring (bicyclic) bond motifs is 2. The van der Waals surface area contributed by atoms with E-state index in [1.165, 1.54) is 0 Å². The van der Waals surface area contributed by atoms with Crippen LogP contribution in [0, 0.1) is 39.4 Å². The summed E-state index contributed by atoms with van der Waals surface area (Å²) in [6, 6.07) is 0. The van der Waals surface area contributed by atoms with Gasteiger partial charge in [-0.15, -0.1) is 0 Å². The summed E-state index contributed by atoms with van der Waals surface area (Å²) in [7, 11) is 0. The first-order valence-corrected chi connectivity index (χ1v) is 15.2. The Hall–Kier alpha value is -2.00. The molecule has 6 rings (SSSR count). The van der Waals surface area contributed by atoms with E-state index < -0.39 is 75.5 Å². The number of carboxylic acid groups (broad SMARTS) is 1. The van der Waals surface area contributed by atoms with Gasteiger partial charge in [0.25, 0.3) is 0 Å². The van der Waals surface area contributed by atoms with E-state index in [2.05, 4.69) is 59.4 Å². The van der Waals surface area contributed by atoms with Crippen molar-refractivity contribution in [3.63, 3.8) is 0 Å². The summed E-state index contributed by atoms with van der Waals surface area (Å²) in [4.78, 5) is 37.9. The number of aliphatic carboxylic acids is 1. The van der Waals surface area contributed by atoms with Crippen LogP contribution in [-0.4, -0.2) is 57.3 Å². The molecule has 8 nitrogen and oxygen atoms in total. The molecule has 2 saturated carbocycles. The molecule has 9 unspecified atom stereocenters. The van der Waals surface area contributed by atoms with Gasteiger partial charge in [-0.05, 0) is 67.6 Å². The molecule has 2 aliphatic heterocycles. The number of carbonyl (C=O) groups is 2. The van der Waals surface area contributed by atoms with Gasteiger partial charge in [-0.2, -0.15) is 0 Å².